The largest absolute Gasteiger partial charge is 0.543 e. The van der Waals surface area contributed by atoms with Crippen molar-refractivity contribution in [3.8, 4) is 0 Å². The van der Waals surface area contributed by atoms with Crippen LogP contribution < -0.4 is 0 Å². The van der Waals surface area contributed by atoms with Crippen molar-refractivity contribution in [3.05, 3.63) is 34.9 Å². The van der Waals surface area contributed by atoms with Gasteiger partial charge < -0.3 is 4.74 Å². The number of hydrogen-bond acceptors (Lipinski definition) is 6. The van der Waals surface area contributed by atoms with E-state index in [1.165, 1.54) is 0 Å². The Bertz CT molecular complexity index is 483. The van der Waals surface area contributed by atoms with Crippen molar-refractivity contribution in [2.24, 2.45) is 0 Å². The predicted octanol–water partition coefficient (Wildman–Crippen LogP) is 3.26. The first-order valence-corrected chi connectivity index (χ1v) is 6.27. The zero-order chi connectivity index (χ0) is 15.1. The zero-order valence-corrected chi connectivity index (χ0v) is 12.0. The van der Waals surface area contributed by atoms with Crippen molar-refractivity contribution >= 4 is 12.1 Å². The number of carbonyl (C=O) groups excluding carboxylic acids is 2. The molecule has 0 aromatic heterocycles. The number of ether oxygens (including phenoxy) is 1. The molecule has 0 aliphatic rings. The molecule has 1 unspecified atom stereocenters. The van der Waals surface area contributed by atoms with Crippen molar-refractivity contribution in [1.29, 1.82) is 0 Å². The Hall–Kier alpha value is -2.08. The number of hydrogen-bond donors (Lipinski definition) is 0. The summed E-state index contributed by atoms with van der Waals surface area (Å²) in [6.45, 7) is 7.34. The fourth-order valence-electron chi connectivity index (χ4n) is 1.26. The van der Waals surface area contributed by atoms with Crippen molar-refractivity contribution in [3.63, 3.8) is 0 Å². The molecule has 0 saturated heterocycles. The minimum atomic E-state index is -1.06. The Kier molecular flexibility index (Phi) is 5.99. The highest BCUT2D eigenvalue weighted by Gasteiger charge is 2.14. The SMILES string of the molecule is CCC(C)OC(=O)OOOC(=O)c1ccc(C)c(C)c1. The van der Waals surface area contributed by atoms with E-state index in [0.29, 0.717) is 12.0 Å². The maximum Gasteiger partial charge on any atom is 0.543 e. The lowest BCUT2D eigenvalue weighted by Crippen LogP contribution is -2.17. The van der Waals surface area contributed by atoms with Gasteiger partial charge in [0.15, 0.2) is 0 Å². The van der Waals surface area contributed by atoms with Gasteiger partial charge in [0, 0.05) is 0 Å². The smallest absolute Gasteiger partial charge is 0.429 e. The minimum absolute atomic E-state index is 0.298. The van der Waals surface area contributed by atoms with Gasteiger partial charge in [-0.2, -0.15) is 0 Å². The van der Waals surface area contributed by atoms with E-state index in [9.17, 15) is 9.59 Å². The van der Waals surface area contributed by atoms with Crippen LogP contribution in [0, 0.1) is 13.8 Å². The molecule has 1 aromatic rings. The molecule has 0 amide bonds. The highest BCUT2D eigenvalue weighted by atomic mass is 17.5. The topological polar surface area (TPSA) is 71.1 Å². The van der Waals surface area contributed by atoms with Crippen molar-refractivity contribution in [1.82, 2.24) is 0 Å². The lowest BCUT2D eigenvalue weighted by molar-refractivity contribution is -0.452. The van der Waals surface area contributed by atoms with Gasteiger partial charge in [0.25, 0.3) is 0 Å². The summed E-state index contributed by atoms with van der Waals surface area (Å²) < 4.78 is 4.74. The monoisotopic (exact) mass is 282 g/mol. The minimum Gasteiger partial charge on any atom is -0.429 e. The molecule has 0 aliphatic heterocycles. The molecule has 0 saturated carbocycles. The third-order valence-corrected chi connectivity index (χ3v) is 2.83. The number of benzene rings is 1. The van der Waals surface area contributed by atoms with Crippen LogP contribution in [0.4, 0.5) is 4.79 Å². The lowest BCUT2D eigenvalue weighted by atomic mass is 10.1. The van der Waals surface area contributed by atoms with E-state index in [4.69, 9.17) is 4.74 Å². The van der Waals surface area contributed by atoms with Crippen LogP contribution in [0.15, 0.2) is 18.2 Å². The van der Waals surface area contributed by atoms with Crippen molar-refractivity contribution in [2.45, 2.75) is 40.2 Å². The standard InChI is InChI=1S/C14H18O6/c1-5-11(4)17-14(16)19-20-18-13(15)12-7-6-9(2)10(3)8-12/h6-8,11H,5H2,1-4H3. The van der Waals surface area contributed by atoms with E-state index < -0.39 is 12.1 Å². The van der Waals surface area contributed by atoms with Gasteiger partial charge >= 0.3 is 12.1 Å². The van der Waals surface area contributed by atoms with Crippen LogP contribution in [0.25, 0.3) is 0 Å². The van der Waals surface area contributed by atoms with Crippen LogP contribution in [0.3, 0.4) is 0 Å². The average molecular weight is 282 g/mol. The predicted molar refractivity (Wildman–Crippen MR) is 69.7 cm³/mol. The number of aryl methyl sites for hydroxylation is 2. The van der Waals surface area contributed by atoms with Crippen molar-refractivity contribution < 1.29 is 29.1 Å². The summed E-state index contributed by atoms with van der Waals surface area (Å²) in [6.07, 6.45) is -0.730. The third-order valence-electron chi connectivity index (χ3n) is 2.83. The molecule has 6 nitrogen and oxygen atoms in total. The molecule has 1 rings (SSSR count). The van der Waals surface area contributed by atoms with E-state index in [2.05, 4.69) is 14.8 Å². The molecule has 0 aliphatic carbocycles. The fourth-order valence-corrected chi connectivity index (χ4v) is 1.26. The van der Waals surface area contributed by atoms with E-state index >= 15 is 0 Å². The molecule has 0 spiro atoms. The first kappa shape index (κ1) is 16.0. The summed E-state index contributed by atoms with van der Waals surface area (Å²) >= 11 is 0. The van der Waals surface area contributed by atoms with Gasteiger partial charge in [-0.05, 0) is 50.5 Å². The van der Waals surface area contributed by atoms with Crippen LogP contribution in [0.1, 0.15) is 41.8 Å². The second kappa shape index (κ2) is 7.49. The molecule has 110 valence electrons. The second-order valence-corrected chi connectivity index (χ2v) is 4.41. The molecule has 6 heteroatoms. The van der Waals surface area contributed by atoms with Gasteiger partial charge in [0.1, 0.15) is 6.10 Å². The van der Waals surface area contributed by atoms with E-state index in [1.54, 1.807) is 25.1 Å². The number of carbonyl (C=O) groups is 2. The molecule has 0 heterocycles. The van der Waals surface area contributed by atoms with Crippen LogP contribution >= 0.6 is 0 Å². The highest BCUT2D eigenvalue weighted by molar-refractivity contribution is 5.89. The van der Waals surface area contributed by atoms with Crippen molar-refractivity contribution in [2.75, 3.05) is 0 Å². The Labute approximate surface area is 117 Å². The third kappa shape index (κ3) is 4.89. The Morgan fingerprint density at radius 2 is 1.85 bits per heavy atom. The maximum atomic E-state index is 11.6. The summed E-state index contributed by atoms with van der Waals surface area (Å²) in [5, 5.41) is 4.10. The molecule has 1 atom stereocenters. The van der Waals surface area contributed by atoms with E-state index in [0.717, 1.165) is 11.1 Å². The van der Waals surface area contributed by atoms with Gasteiger partial charge in [-0.1, -0.05) is 13.0 Å². The zero-order valence-electron chi connectivity index (χ0n) is 12.0. The first-order chi connectivity index (χ1) is 9.43. The molecule has 20 heavy (non-hydrogen) atoms. The normalized spacial score (nSPS) is 11.6. The molecule has 0 N–H and O–H groups in total. The summed E-state index contributed by atoms with van der Waals surface area (Å²) in [7, 11) is 0. The molecular formula is C14H18O6. The van der Waals surface area contributed by atoms with E-state index in [-0.39, 0.29) is 6.10 Å². The van der Waals surface area contributed by atoms with Gasteiger partial charge in [-0.15, -0.1) is 0 Å². The van der Waals surface area contributed by atoms with Gasteiger partial charge in [-0.3, -0.25) is 4.89 Å². The highest BCUT2D eigenvalue weighted by Crippen LogP contribution is 2.11. The number of rotatable bonds is 5. The summed E-state index contributed by atoms with van der Waals surface area (Å²) in [5.41, 5.74) is 2.29. The Balaban J connectivity index is 2.40. The summed E-state index contributed by atoms with van der Waals surface area (Å²) in [4.78, 5) is 31.2. The van der Waals surface area contributed by atoms with Crippen LogP contribution in [-0.2, 0) is 19.6 Å². The maximum absolute atomic E-state index is 11.6. The Morgan fingerprint density at radius 1 is 1.15 bits per heavy atom. The quantitative estimate of drug-likeness (QED) is 0.469. The molecule has 0 fully saturated rings. The summed E-state index contributed by atoms with van der Waals surface area (Å²) in [5.74, 6) is -0.760. The van der Waals surface area contributed by atoms with Gasteiger partial charge in [0.05, 0.1) is 10.6 Å². The van der Waals surface area contributed by atoms with Gasteiger partial charge in [-0.25, -0.2) is 14.5 Å². The Morgan fingerprint density at radius 3 is 2.45 bits per heavy atom. The van der Waals surface area contributed by atoms with Crippen LogP contribution in [0.2, 0.25) is 0 Å². The van der Waals surface area contributed by atoms with E-state index in [1.807, 2.05) is 20.8 Å². The lowest BCUT2D eigenvalue weighted by Gasteiger charge is -2.08. The molecular weight excluding hydrogens is 264 g/mol. The molecule has 0 bridgehead atoms. The fraction of sp³-hybridized carbons (Fsp3) is 0.429. The summed E-state index contributed by atoms with van der Waals surface area (Å²) in [6, 6.07) is 5.02. The second-order valence-electron chi connectivity index (χ2n) is 4.41. The average Bonchev–Trinajstić information content (AvgIpc) is 2.41. The molecule has 1 aromatic carbocycles. The first-order valence-electron chi connectivity index (χ1n) is 6.27. The molecule has 0 radical (unpaired) electrons. The van der Waals surface area contributed by atoms with Crippen LogP contribution in [0.5, 0.6) is 0 Å². The van der Waals surface area contributed by atoms with Crippen LogP contribution in [-0.4, -0.2) is 18.2 Å². The van der Waals surface area contributed by atoms with Gasteiger partial charge in [0.2, 0.25) is 0 Å².